The van der Waals surface area contributed by atoms with Crippen molar-refractivity contribution in [2.75, 3.05) is 50.8 Å². The van der Waals surface area contributed by atoms with Crippen LogP contribution in [0.1, 0.15) is 61.5 Å². The van der Waals surface area contributed by atoms with Crippen LogP contribution in [0, 0.1) is 0 Å². The van der Waals surface area contributed by atoms with Crippen molar-refractivity contribution >= 4 is 33.9 Å². The molecule has 12 heteroatoms. The molecule has 1 aromatic carbocycles. The van der Waals surface area contributed by atoms with Crippen LogP contribution in [0.4, 0.5) is 14.6 Å². The van der Waals surface area contributed by atoms with Gasteiger partial charge in [-0.05, 0) is 62.2 Å². The molecular formula is C34H38F2N8O2. The highest BCUT2D eigenvalue weighted by Crippen LogP contribution is 2.46. The Morgan fingerprint density at radius 3 is 2.80 bits per heavy atom. The number of aromatic hydroxyl groups is 1. The van der Waals surface area contributed by atoms with Crippen LogP contribution in [0.5, 0.6) is 11.8 Å². The number of hydrogen-bond acceptors (Lipinski definition) is 10. The third-order valence-corrected chi connectivity index (χ3v) is 10.9. The van der Waals surface area contributed by atoms with Crippen molar-refractivity contribution in [2.45, 2.75) is 69.2 Å². The summed E-state index contributed by atoms with van der Waals surface area (Å²) >= 11 is 0. The van der Waals surface area contributed by atoms with Crippen molar-refractivity contribution in [1.29, 1.82) is 0 Å². The highest BCUT2D eigenvalue weighted by Gasteiger charge is 2.50. The van der Waals surface area contributed by atoms with Gasteiger partial charge in [-0.2, -0.15) is 9.97 Å². The minimum atomic E-state index is -0.880. The van der Waals surface area contributed by atoms with E-state index in [0.29, 0.717) is 73.0 Å². The maximum atomic E-state index is 17.4. The summed E-state index contributed by atoms with van der Waals surface area (Å²) in [6.07, 6.45) is 5.94. The quantitative estimate of drug-likeness (QED) is 0.419. The van der Waals surface area contributed by atoms with Gasteiger partial charge in [-0.1, -0.05) is 6.92 Å². The molecule has 6 aliphatic heterocycles. The third-order valence-electron chi connectivity index (χ3n) is 10.9. The monoisotopic (exact) mass is 628 g/mol. The lowest BCUT2D eigenvalue weighted by Crippen LogP contribution is -2.52. The molecule has 9 rings (SSSR count). The molecular weight excluding hydrogens is 590 g/mol. The Bertz CT molecular complexity index is 1800. The summed E-state index contributed by atoms with van der Waals surface area (Å²) in [5, 5.41) is 16.1. The van der Waals surface area contributed by atoms with Crippen molar-refractivity contribution in [1.82, 2.24) is 30.1 Å². The largest absolute Gasteiger partial charge is 0.508 e. The average molecular weight is 629 g/mol. The summed E-state index contributed by atoms with van der Waals surface area (Å²) in [6.45, 7) is 6.03. The van der Waals surface area contributed by atoms with Gasteiger partial charge in [-0.3, -0.25) is 14.9 Å². The van der Waals surface area contributed by atoms with Gasteiger partial charge < -0.3 is 25.0 Å². The molecule has 4 atom stereocenters. The van der Waals surface area contributed by atoms with E-state index < -0.39 is 12.0 Å². The Kier molecular flexibility index (Phi) is 6.51. The number of hydrogen-bond donors (Lipinski definition) is 2. The molecule has 2 bridgehead atoms. The first kappa shape index (κ1) is 28.3. The number of nitrogens with zero attached hydrogens (tertiary/aromatic N) is 7. The lowest BCUT2D eigenvalue weighted by molar-refractivity contribution is 0.107. The number of aromatic nitrogens is 3. The third kappa shape index (κ3) is 4.32. The first-order valence-corrected chi connectivity index (χ1v) is 16.7. The number of piperazine rings is 1. The number of amidine groups is 1. The number of pyridine rings is 1. The predicted octanol–water partition coefficient (Wildman–Crippen LogP) is 4.06. The molecule has 3 aromatic rings. The zero-order valence-electron chi connectivity index (χ0n) is 26.0. The highest BCUT2D eigenvalue weighted by molar-refractivity contribution is 6.18. The van der Waals surface area contributed by atoms with E-state index in [0.717, 1.165) is 61.8 Å². The normalized spacial score (nSPS) is 28.6. The van der Waals surface area contributed by atoms with Gasteiger partial charge in [-0.15, -0.1) is 0 Å². The fraction of sp³-hybridized carbons (Fsp3) is 0.529. The molecule has 0 saturated carbocycles. The van der Waals surface area contributed by atoms with Crippen LogP contribution in [-0.4, -0.2) is 105 Å². The summed E-state index contributed by atoms with van der Waals surface area (Å²) in [7, 11) is 0. The van der Waals surface area contributed by atoms with E-state index >= 15 is 4.39 Å². The number of phenols is 1. The highest BCUT2D eigenvalue weighted by atomic mass is 19.1. The maximum Gasteiger partial charge on any atom is 0.319 e. The number of aryl methyl sites for hydroxylation is 1. The van der Waals surface area contributed by atoms with E-state index in [-0.39, 0.29) is 29.6 Å². The van der Waals surface area contributed by atoms with Crippen LogP contribution in [-0.2, 0) is 6.42 Å². The number of fused-ring (bicyclic) bond motifs is 7. The van der Waals surface area contributed by atoms with Crippen molar-refractivity contribution < 1.29 is 18.6 Å². The lowest BCUT2D eigenvalue weighted by atomic mass is 9.94. The molecule has 0 amide bonds. The second kappa shape index (κ2) is 10.6. The number of benzene rings is 1. The van der Waals surface area contributed by atoms with E-state index in [1.165, 1.54) is 0 Å². The van der Waals surface area contributed by atoms with Crippen LogP contribution in [0.25, 0.3) is 22.3 Å². The van der Waals surface area contributed by atoms with Crippen molar-refractivity contribution in [3.05, 3.63) is 46.9 Å². The van der Waals surface area contributed by atoms with Gasteiger partial charge in [0.2, 0.25) is 0 Å². The maximum absolute atomic E-state index is 17.4. The summed E-state index contributed by atoms with van der Waals surface area (Å²) in [6, 6.07) is 5.91. The fourth-order valence-corrected chi connectivity index (χ4v) is 8.91. The molecule has 2 aromatic heterocycles. The predicted molar refractivity (Wildman–Crippen MR) is 172 cm³/mol. The SMILES string of the molecule is CCc1nccc2cc(O)cc(C3=C(F)c4nc(OC[C@@]56CCCN5C[C@H](F)C6)nc(N5C[C@H]6CC[C@@H](C5)N6)c4C4=NCCN43)c12. The number of halogens is 2. The summed E-state index contributed by atoms with van der Waals surface area (Å²) in [5.74, 6) is 0.802. The molecule has 0 spiro atoms. The molecule has 0 unspecified atom stereocenters. The van der Waals surface area contributed by atoms with Crippen LogP contribution >= 0.6 is 0 Å². The number of phenolic OH excluding ortho intramolecular Hbond substituents is 1. The molecule has 4 fully saturated rings. The number of rotatable bonds is 6. The standard InChI is InChI=1S/C34H38F2N8O2/c1-2-25-26-19(6-8-37-25)12-23(45)13-24(26)30-28(36)29-27(31-38-9-11-44(30)31)32(42-16-21-4-5-22(17-42)39-21)41-33(40-29)46-18-34-7-3-10-43(34)15-20(35)14-34/h6,8,12-13,20-22,39,45H,2-5,7,9-11,14-18H2,1H3/t20-,21-,22+,34+/m1/s1. The molecule has 8 heterocycles. The zero-order chi connectivity index (χ0) is 31.2. The second-order valence-electron chi connectivity index (χ2n) is 13.7. The Hall–Kier alpha value is -3.90. The fourth-order valence-electron chi connectivity index (χ4n) is 8.91. The van der Waals surface area contributed by atoms with E-state index in [2.05, 4.69) is 20.1 Å². The van der Waals surface area contributed by atoms with E-state index in [4.69, 9.17) is 19.7 Å². The molecule has 46 heavy (non-hydrogen) atoms. The van der Waals surface area contributed by atoms with E-state index in [9.17, 15) is 9.50 Å². The Morgan fingerprint density at radius 2 is 1.98 bits per heavy atom. The summed E-state index contributed by atoms with van der Waals surface area (Å²) < 4.78 is 38.3. The van der Waals surface area contributed by atoms with Crippen molar-refractivity contribution in [3.63, 3.8) is 0 Å². The smallest absolute Gasteiger partial charge is 0.319 e. The minimum Gasteiger partial charge on any atom is -0.508 e. The molecule has 4 saturated heterocycles. The Morgan fingerprint density at radius 1 is 1.13 bits per heavy atom. The molecule has 6 aliphatic rings. The van der Waals surface area contributed by atoms with E-state index in [1.54, 1.807) is 18.3 Å². The average Bonchev–Trinajstić information content (AvgIpc) is 3.82. The van der Waals surface area contributed by atoms with Gasteiger partial charge >= 0.3 is 6.01 Å². The van der Waals surface area contributed by atoms with Crippen molar-refractivity contribution in [3.8, 4) is 11.8 Å². The molecule has 0 aliphatic carbocycles. The second-order valence-corrected chi connectivity index (χ2v) is 13.7. The number of aliphatic imine (C=N–C) groups is 1. The molecule has 0 radical (unpaired) electrons. The van der Waals surface area contributed by atoms with Crippen LogP contribution < -0.4 is 15.0 Å². The first-order chi connectivity index (χ1) is 22.4. The van der Waals surface area contributed by atoms with E-state index in [1.807, 2.05) is 17.9 Å². The summed E-state index contributed by atoms with van der Waals surface area (Å²) in [4.78, 5) is 25.6. The molecule has 240 valence electrons. The van der Waals surface area contributed by atoms with Gasteiger partial charge in [0.05, 0.1) is 23.3 Å². The van der Waals surface area contributed by atoms with Gasteiger partial charge in [0, 0.05) is 67.5 Å². The first-order valence-electron chi connectivity index (χ1n) is 16.7. The van der Waals surface area contributed by atoms with Crippen LogP contribution in [0.2, 0.25) is 0 Å². The Balaban J connectivity index is 1.22. The van der Waals surface area contributed by atoms with Gasteiger partial charge in [0.1, 0.15) is 35.9 Å². The van der Waals surface area contributed by atoms with Crippen LogP contribution in [0.3, 0.4) is 0 Å². The minimum absolute atomic E-state index is 0.0475. The number of alkyl halides is 1. The molecule has 2 N–H and O–H groups in total. The van der Waals surface area contributed by atoms with Gasteiger partial charge in [-0.25, -0.2) is 8.78 Å². The van der Waals surface area contributed by atoms with Crippen molar-refractivity contribution in [2.24, 2.45) is 4.99 Å². The topological polar surface area (TPSA) is 102 Å². The number of anilines is 1. The van der Waals surface area contributed by atoms with Crippen LogP contribution in [0.15, 0.2) is 29.4 Å². The summed E-state index contributed by atoms with van der Waals surface area (Å²) in [5.41, 5.74) is 2.04. The zero-order valence-corrected chi connectivity index (χ0v) is 26.0. The molecule has 10 nitrogen and oxygen atoms in total. The number of ether oxygens (including phenoxy) is 1. The number of nitrogens with one attached hydrogen (secondary N) is 1. The van der Waals surface area contributed by atoms with Gasteiger partial charge in [0.25, 0.3) is 0 Å². The lowest BCUT2D eigenvalue weighted by Gasteiger charge is -2.37. The van der Waals surface area contributed by atoms with Gasteiger partial charge in [0.15, 0.2) is 5.83 Å². The Labute approximate surface area is 266 Å².